The van der Waals surface area contributed by atoms with E-state index >= 15 is 0 Å². The normalized spacial score (nSPS) is 24.0. The van der Waals surface area contributed by atoms with Crippen LogP contribution in [-0.4, -0.2) is 51.3 Å². The lowest BCUT2D eigenvalue weighted by molar-refractivity contribution is -0.159. The molecule has 1 fully saturated rings. The van der Waals surface area contributed by atoms with Gasteiger partial charge in [0.25, 0.3) is 0 Å². The van der Waals surface area contributed by atoms with E-state index in [9.17, 15) is 4.79 Å². The standard InChI is InChI=1S/C22H37NO4Si/c1-17(2)19-22(20(24)25-6,15-27-28(7,8)21(3,4)5)23(16-26-19)14-18-12-10-9-11-13-18/h9-13,17,19H,14-16H2,1-8H3/t19-,22-/m1/s1. The third-order valence-corrected chi connectivity index (χ3v) is 10.7. The number of methoxy groups -OCH3 is 1. The highest BCUT2D eigenvalue weighted by atomic mass is 28.4. The number of ether oxygens (including phenoxy) is 2. The highest BCUT2D eigenvalue weighted by Gasteiger charge is 2.58. The molecule has 0 aliphatic carbocycles. The van der Waals surface area contributed by atoms with Gasteiger partial charge in [-0.15, -0.1) is 0 Å². The fraction of sp³-hybridized carbons (Fsp3) is 0.682. The SMILES string of the molecule is COC(=O)[C@@]1(CO[Si](C)(C)C(C)(C)C)[C@@H](C(C)C)OCN1Cc1ccccc1. The minimum Gasteiger partial charge on any atom is -0.467 e. The van der Waals surface area contributed by atoms with Crippen LogP contribution in [0.2, 0.25) is 18.1 Å². The van der Waals surface area contributed by atoms with Crippen LogP contribution in [0.4, 0.5) is 0 Å². The Morgan fingerprint density at radius 1 is 1.29 bits per heavy atom. The Morgan fingerprint density at radius 3 is 2.39 bits per heavy atom. The second kappa shape index (κ2) is 8.65. The van der Waals surface area contributed by atoms with Crippen molar-refractivity contribution >= 4 is 14.3 Å². The summed E-state index contributed by atoms with van der Waals surface area (Å²) in [7, 11) is -0.603. The summed E-state index contributed by atoms with van der Waals surface area (Å²) in [6.45, 7) is 16.5. The molecule has 0 spiro atoms. The number of hydrogen-bond acceptors (Lipinski definition) is 5. The van der Waals surface area contributed by atoms with Crippen LogP contribution in [0.3, 0.4) is 0 Å². The minimum atomic E-state index is -2.05. The summed E-state index contributed by atoms with van der Waals surface area (Å²) < 4.78 is 18.0. The van der Waals surface area contributed by atoms with Crippen LogP contribution in [0.15, 0.2) is 30.3 Å². The Bertz CT molecular complexity index is 656. The lowest BCUT2D eigenvalue weighted by atomic mass is 9.85. The fourth-order valence-electron chi connectivity index (χ4n) is 3.50. The Balaban J connectivity index is 2.41. The number of rotatable bonds is 7. The number of carbonyl (C=O) groups excluding carboxylic acids is 1. The van der Waals surface area contributed by atoms with Gasteiger partial charge in [0.15, 0.2) is 13.9 Å². The van der Waals surface area contributed by atoms with Crippen molar-refractivity contribution in [1.29, 1.82) is 0 Å². The van der Waals surface area contributed by atoms with Crippen molar-refractivity contribution in [3.63, 3.8) is 0 Å². The topological polar surface area (TPSA) is 48.0 Å². The molecule has 1 aromatic rings. The molecule has 0 saturated carbocycles. The number of esters is 1. The zero-order valence-corrected chi connectivity index (χ0v) is 19.7. The van der Waals surface area contributed by atoms with Crippen LogP contribution < -0.4 is 0 Å². The molecule has 1 aliphatic rings. The average Bonchev–Trinajstić information content (AvgIpc) is 2.98. The van der Waals surface area contributed by atoms with E-state index < -0.39 is 13.9 Å². The van der Waals surface area contributed by atoms with Crippen molar-refractivity contribution in [2.24, 2.45) is 5.92 Å². The van der Waals surface area contributed by atoms with Crippen molar-refractivity contribution in [1.82, 2.24) is 4.90 Å². The monoisotopic (exact) mass is 407 g/mol. The van der Waals surface area contributed by atoms with Gasteiger partial charge in [0.05, 0.1) is 19.8 Å². The van der Waals surface area contributed by atoms with Crippen LogP contribution in [-0.2, 0) is 25.2 Å². The summed E-state index contributed by atoms with van der Waals surface area (Å²) in [6.07, 6.45) is -0.284. The molecule has 28 heavy (non-hydrogen) atoms. The zero-order chi connectivity index (χ0) is 21.2. The van der Waals surface area contributed by atoms with Gasteiger partial charge in [-0.1, -0.05) is 65.0 Å². The molecule has 0 N–H and O–H groups in total. The fourth-order valence-corrected chi connectivity index (χ4v) is 4.51. The number of carbonyl (C=O) groups is 1. The molecule has 0 aromatic heterocycles. The maximum absolute atomic E-state index is 13.2. The molecule has 5 nitrogen and oxygen atoms in total. The maximum atomic E-state index is 13.2. The van der Waals surface area contributed by atoms with E-state index in [4.69, 9.17) is 13.9 Å². The summed E-state index contributed by atoms with van der Waals surface area (Å²) in [5, 5.41) is 0.0569. The predicted octanol–water partition coefficient (Wildman–Crippen LogP) is 4.43. The Labute approximate surface area is 171 Å². The minimum absolute atomic E-state index is 0.0569. The van der Waals surface area contributed by atoms with Crippen LogP contribution in [0.25, 0.3) is 0 Å². The molecule has 1 aliphatic heterocycles. The second-order valence-electron chi connectivity index (χ2n) is 9.61. The van der Waals surface area contributed by atoms with E-state index in [-0.39, 0.29) is 29.6 Å². The van der Waals surface area contributed by atoms with E-state index in [0.29, 0.717) is 13.3 Å². The van der Waals surface area contributed by atoms with Crippen molar-refractivity contribution in [3.05, 3.63) is 35.9 Å². The molecule has 1 heterocycles. The van der Waals surface area contributed by atoms with Gasteiger partial charge < -0.3 is 13.9 Å². The van der Waals surface area contributed by atoms with Gasteiger partial charge in [-0.2, -0.15) is 0 Å². The number of nitrogens with zero attached hydrogens (tertiary/aromatic N) is 1. The summed E-state index contributed by atoms with van der Waals surface area (Å²) in [4.78, 5) is 15.3. The summed E-state index contributed by atoms with van der Waals surface area (Å²) in [5.41, 5.74) is 0.185. The van der Waals surface area contributed by atoms with Crippen LogP contribution in [0.5, 0.6) is 0 Å². The molecule has 2 rings (SSSR count). The molecule has 0 unspecified atom stereocenters. The van der Waals surface area contributed by atoms with Crippen LogP contribution in [0, 0.1) is 5.92 Å². The van der Waals surface area contributed by atoms with Gasteiger partial charge in [0, 0.05) is 6.54 Å². The maximum Gasteiger partial charge on any atom is 0.331 e. The van der Waals surface area contributed by atoms with Crippen LogP contribution in [0.1, 0.15) is 40.2 Å². The van der Waals surface area contributed by atoms with Crippen molar-refractivity contribution in [2.45, 2.75) is 70.9 Å². The third-order valence-electron chi connectivity index (χ3n) is 6.26. The Hall–Kier alpha value is -1.21. The lowest BCUT2D eigenvalue weighted by Gasteiger charge is -2.43. The van der Waals surface area contributed by atoms with Gasteiger partial charge >= 0.3 is 5.97 Å². The average molecular weight is 408 g/mol. The molecular weight excluding hydrogens is 370 g/mol. The summed E-state index contributed by atoms with van der Waals surface area (Å²) in [5.74, 6) is -0.124. The summed E-state index contributed by atoms with van der Waals surface area (Å²) >= 11 is 0. The first-order chi connectivity index (χ1) is 13.0. The molecule has 0 amide bonds. The van der Waals surface area contributed by atoms with Gasteiger partial charge in [-0.25, -0.2) is 4.79 Å². The van der Waals surface area contributed by atoms with Crippen molar-refractivity contribution < 1.29 is 18.7 Å². The molecule has 0 bridgehead atoms. The highest BCUT2D eigenvalue weighted by molar-refractivity contribution is 6.74. The zero-order valence-electron chi connectivity index (χ0n) is 18.7. The third kappa shape index (κ3) is 4.51. The second-order valence-corrected chi connectivity index (χ2v) is 14.4. The molecule has 158 valence electrons. The van der Waals surface area contributed by atoms with E-state index in [1.807, 2.05) is 18.2 Å². The molecule has 1 aromatic carbocycles. The van der Waals surface area contributed by atoms with E-state index in [0.717, 1.165) is 5.56 Å². The highest BCUT2D eigenvalue weighted by Crippen LogP contribution is 2.41. The van der Waals surface area contributed by atoms with Gasteiger partial charge in [0.2, 0.25) is 0 Å². The molecular formula is C22H37NO4Si. The Kier molecular flexibility index (Phi) is 7.13. The lowest BCUT2D eigenvalue weighted by Crippen LogP contribution is -2.63. The van der Waals surface area contributed by atoms with Crippen molar-refractivity contribution in [3.8, 4) is 0 Å². The van der Waals surface area contributed by atoms with E-state index in [2.05, 4.69) is 64.7 Å². The van der Waals surface area contributed by atoms with Gasteiger partial charge in [0.1, 0.15) is 6.73 Å². The smallest absolute Gasteiger partial charge is 0.331 e. The molecule has 6 heteroatoms. The number of hydrogen-bond donors (Lipinski definition) is 0. The first kappa shape index (κ1) is 23.1. The largest absolute Gasteiger partial charge is 0.467 e. The summed E-state index contributed by atoms with van der Waals surface area (Å²) in [6, 6.07) is 10.2. The predicted molar refractivity (Wildman–Crippen MR) is 114 cm³/mol. The van der Waals surface area contributed by atoms with Gasteiger partial charge in [-0.05, 0) is 29.6 Å². The quantitative estimate of drug-likeness (QED) is 0.494. The first-order valence-electron chi connectivity index (χ1n) is 10.1. The molecule has 2 atom stereocenters. The molecule has 0 radical (unpaired) electrons. The first-order valence-corrected chi connectivity index (χ1v) is 13.0. The van der Waals surface area contributed by atoms with Crippen LogP contribution >= 0.6 is 0 Å². The van der Waals surface area contributed by atoms with E-state index in [1.165, 1.54) is 7.11 Å². The Morgan fingerprint density at radius 2 is 1.89 bits per heavy atom. The van der Waals surface area contributed by atoms with Crippen molar-refractivity contribution in [2.75, 3.05) is 20.4 Å². The van der Waals surface area contributed by atoms with E-state index in [1.54, 1.807) is 0 Å². The molecule has 1 saturated heterocycles. The van der Waals surface area contributed by atoms with Gasteiger partial charge in [-0.3, -0.25) is 4.90 Å². The number of benzene rings is 1.